The van der Waals surface area contributed by atoms with Crippen LogP contribution in [0.25, 0.3) is 6.08 Å². The number of rotatable bonds is 7. The van der Waals surface area contributed by atoms with Crippen molar-refractivity contribution in [3.63, 3.8) is 0 Å². The summed E-state index contributed by atoms with van der Waals surface area (Å²) in [6, 6.07) is 17.8. The molecular weight excluding hydrogens is 472 g/mol. The number of hydrogen-bond donors (Lipinski definition) is 1. The van der Waals surface area contributed by atoms with Crippen LogP contribution in [0.2, 0.25) is 5.02 Å². The summed E-state index contributed by atoms with van der Waals surface area (Å²) in [5, 5.41) is 2.79. The van der Waals surface area contributed by atoms with Gasteiger partial charge in [0, 0.05) is 10.6 Å². The average molecular weight is 493 g/mol. The fourth-order valence-electron chi connectivity index (χ4n) is 3.45. The molecule has 0 radical (unpaired) electrons. The maximum absolute atomic E-state index is 13.1. The summed E-state index contributed by atoms with van der Waals surface area (Å²) < 4.78 is 16.4. The molecule has 0 bridgehead atoms. The van der Waals surface area contributed by atoms with Gasteiger partial charge in [0.15, 0.2) is 11.5 Å². The molecule has 0 spiro atoms. The second-order valence-electron chi connectivity index (χ2n) is 7.45. The number of anilines is 1. The lowest BCUT2D eigenvalue weighted by atomic mass is 10.1. The monoisotopic (exact) mass is 492 g/mol. The minimum atomic E-state index is -0.830. The number of carbonyl (C=O) groups excluding carboxylic acids is 3. The maximum atomic E-state index is 13.1. The van der Waals surface area contributed by atoms with Gasteiger partial charge < -0.3 is 14.2 Å². The number of nitrogens with one attached hydrogen (secondary N) is 1. The van der Waals surface area contributed by atoms with Crippen LogP contribution in [0.5, 0.6) is 17.2 Å². The van der Waals surface area contributed by atoms with Crippen molar-refractivity contribution in [3.05, 3.63) is 88.5 Å². The first-order valence-electron chi connectivity index (χ1n) is 10.5. The molecule has 1 aliphatic heterocycles. The van der Waals surface area contributed by atoms with Gasteiger partial charge >= 0.3 is 6.03 Å². The molecule has 35 heavy (non-hydrogen) atoms. The van der Waals surface area contributed by atoms with E-state index in [4.69, 9.17) is 25.8 Å². The summed E-state index contributed by atoms with van der Waals surface area (Å²) in [4.78, 5) is 38.9. The van der Waals surface area contributed by atoms with Gasteiger partial charge in [-0.1, -0.05) is 35.9 Å². The van der Waals surface area contributed by atoms with Gasteiger partial charge in [-0.3, -0.25) is 14.9 Å². The molecule has 1 heterocycles. The molecule has 4 amide bonds. The minimum absolute atomic E-state index is 0.202. The van der Waals surface area contributed by atoms with Crippen molar-refractivity contribution < 1.29 is 28.6 Å². The van der Waals surface area contributed by atoms with Crippen LogP contribution in [0.1, 0.15) is 11.1 Å². The van der Waals surface area contributed by atoms with Gasteiger partial charge in [0.1, 0.15) is 17.9 Å². The van der Waals surface area contributed by atoms with Crippen LogP contribution in [-0.2, 0) is 16.2 Å². The Bertz CT molecular complexity index is 1320. The van der Waals surface area contributed by atoms with Crippen LogP contribution >= 0.6 is 11.6 Å². The van der Waals surface area contributed by atoms with Crippen LogP contribution in [0.15, 0.2) is 72.3 Å². The summed E-state index contributed by atoms with van der Waals surface area (Å²) in [6.07, 6.45) is 1.39. The van der Waals surface area contributed by atoms with Gasteiger partial charge in [-0.2, -0.15) is 0 Å². The number of carbonyl (C=O) groups is 3. The van der Waals surface area contributed by atoms with Gasteiger partial charge in [0.25, 0.3) is 11.8 Å². The molecule has 1 N–H and O–H groups in total. The molecule has 3 aromatic rings. The summed E-state index contributed by atoms with van der Waals surface area (Å²) in [6.45, 7) is 0.232. The number of ether oxygens (including phenoxy) is 3. The van der Waals surface area contributed by atoms with Crippen LogP contribution in [0.3, 0.4) is 0 Å². The number of benzene rings is 3. The molecule has 4 rings (SSSR count). The fraction of sp³-hybridized carbons (Fsp3) is 0.115. The van der Waals surface area contributed by atoms with Crippen molar-refractivity contribution in [2.45, 2.75) is 6.61 Å². The first-order valence-corrected chi connectivity index (χ1v) is 10.9. The van der Waals surface area contributed by atoms with Crippen molar-refractivity contribution in [2.75, 3.05) is 19.1 Å². The number of imide groups is 2. The zero-order valence-corrected chi connectivity index (χ0v) is 19.7. The molecule has 8 nitrogen and oxygen atoms in total. The molecule has 178 valence electrons. The third-order valence-corrected chi connectivity index (χ3v) is 5.64. The van der Waals surface area contributed by atoms with E-state index in [1.165, 1.54) is 20.3 Å². The Morgan fingerprint density at radius 1 is 0.914 bits per heavy atom. The van der Waals surface area contributed by atoms with E-state index in [-0.39, 0.29) is 12.2 Å². The van der Waals surface area contributed by atoms with Gasteiger partial charge in [-0.15, -0.1) is 0 Å². The summed E-state index contributed by atoms with van der Waals surface area (Å²) in [5.74, 6) is -0.110. The van der Waals surface area contributed by atoms with E-state index in [9.17, 15) is 14.4 Å². The highest BCUT2D eigenvalue weighted by molar-refractivity contribution is 6.39. The molecule has 0 aliphatic carbocycles. The zero-order valence-electron chi connectivity index (χ0n) is 18.9. The second-order valence-corrected chi connectivity index (χ2v) is 7.85. The van der Waals surface area contributed by atoms with E-state index >= 15 is 0 Å². The molecule has 1 fully saturated rings. The number of hydrogen-bond acceptors (Lipinski definition) is 6. The Hall–Kier alpha value is -4.30. The maximum Gasteiger partial charge on any atom is 0.335 e. The standard InChI is InChI=1S/C26H21ClN2O6/c1-33-19-10-8-18(9-11-19)29-25(31)20(24(30)28-26(29)32)13-16-7-12-22(23(14-16)34-2)35-15-17-5-3-4-6-21(17)27/h3-14H,15H2,1-2H3,(H,28,30,32)/b20-13-. The summed E-state index contributed by atoms with van der Waals surface area (Å²) >= 11 is 6.18. The first kappa shape index (κ1) is 23.8. The minimum Gasteiger partial charge on any atom is -0.497 e. The van der Waals surface area contributed by atoms with E-state index in [0.29, 0.717) is 33.5 Å². The molecule has 1 aliphatic rings. The lowest BCUT2D eigenvalue weighted by molar-refractivity contribution is -0.122. The van der Waals surface area contributed by atoms with Gasteiger partial charge in [0.2, 0.25) is 0 Å². The van der Waals surface area contributed by atoms with E-state index in [1.54, 1.807) is 48.5 Å². The predicted molar refractivity (Wildman–Crippen MR) is 131 cm³/mol. The summed E-state index contributed by atoms with van der Waals surface area (Å²) in [7, 11) is 2.99. The van der Waals surface area contributed by atoms with Crippen molar-refractivity contribution in [3.8, 4) is 17.2 Å². The molecule has 3 aromatic carbocycles. The Morgan fingerprint density at radius 3 is 2.34 bits per heavy atom. The van der Waals surface area contributed by atoms with Gasteiger partial charge in [-0.25, -0.2) is 9.69 Å². The van der Waals surface area contributed by atoms with E-state index in [1.807, 2.05) is 18.2 Å². The molecule has 0 atom stereocenters. The smallest absolute Gasteiger partial charge is 0.335 e. The third kappa shape index (κ3) is 5.12. The second kappa shape index (κ2) is 10.3. The normalized spacial score (nSPS) is 14.7. The largest absolute Gasteiger partial charge is 0.497 e. The average Bonchev–Trinajstić information content (AvgIpc) is 2.86. The first-order chi connectivity index (χ1) is 16.9. The van der Waals surface area contributed by atoms with Crippen molar-refractivity contribution in [1.29, 1.82) is 0 Å². The highest BCUT2D eigenvalue weighted by atomic mass is 35.5. The van der Waals surface area contributed by atoms with E-state index < -0.39 is 17.8 Å². The lowest BCUT2D eigenvalue weighted by Crippen LogP contribution is -2.54. The van der Waals surface area contributed by atoms with Gasteiger partial charge in [0.05, 0.1) is 19.9 Å². The summed E-state index contributed by atoms with van der Waals surface area (Å²) in [5.41, 5.74) is 1.42. The number of barbiturate groups is 1. The van der Waals surface area contributed by atoms with Crippen molar-refractivity contribution in [1.82, 2.24) is 5.32 Å². The van der Waals surface area contributed by atoms with E-state index in [2.05, 4.69) is 5.32 Å². The number of nitrogens with zero attached hydrogens (tertiary/aromatic N) is 1. The Morgan fingerprint density at radius 2 is 1.66 bits per heavy atom. The molecule has 0 unspecified atom stereocenters. The predicted octanol–water partition coefficient (Wildman–Crippen LogP) is 4.60. The van der Waals surface area contributed by atoms with Crippen LogP contribution < -0.4 is 24.4 Å². The zero-order chi connectivity index (χ0) is 24.9. The number of halogens is 1. The van der Waals surface area contributed by atoms with Crippen LogP contribution in [0, 0.1) is 0 Å². The third-order valence-electron chi connectivity index (χ3n) is 5.27. The molecule has 0 saturated carbocycles. The number of methoxy groups -OCH3 is 2. The van der Waals surface area contributed by atoms with E-state index in [0.717, 1.165) is 10.5 Å². The number of amides is 4. The fourth-order valence-corrected chi connectivity index (χ4v) is 3.64. The Labute approximate surface area is 206 Å². The molecule has 1 saturated heterocycles. The van der Waals surface area contributed by atoms with Crippen molar-refractivity contribution >= 4 is 41.2 Å². The Kier molecular flexibility index (Phi) is 7.03. The molecule has 0 aromatic heterocycles. The SMILES string of the molecule is COc1ccc(N2C(=O)NC(=O)/C(=C/c3ccc(OCc4ccccc4Cl)c(OC)c3)C2=O)cc1. The van der Waals surface area contributed by atoms with Crippen LogP contribution in [0.4, 0.5) is 10.5 Å². The molecular formula is C26H21ClN2O6. The highest BCUT2D eigenvalue weighted by Crippen LogP contribution is 2.31. The molecule has 9 heteroatoms. The number of urea groups is 1. The van der Waals surface area contributed by atoms with Crippen molar-refractivity contribution in [2.24, 2.45) is 0 Å². The van der Waals surface area contributed by atoms with Gasteiger partial charge in [-0.05, 0) is 54.1 Å². The lowest BCUT2D eigenvalue weighted by Gasteiger charge is -2.26. The quantitative estimate of drug-likeness (QED) is 0.382. The Balaban J connectivity index is 1.59. The highest BCUT2D eigenvalue weighted by Gasteiger charge is 2.36. The topological polar surface area (TPSA) is 94.2 Å². The van der Waals surface area contributed by atoms with Crippen LogP contribution in [-0.4, -0.2) is 32.1 Å².